The van der Waals surface area contributed by atoms with Crippen LogP contribution in [-0.2, 0) is 22.4 Å². The van der Waals surface area contributed by atoms with Crippen molar-refractivity contribution < 1.29 is 14.3 Å². The molecule has 3 aromatic rings. The summed E-state index contributed by atoms with van der Waals surface area (Å²) in [7, 11) is 0. The second-order valence-corrected chi connectivity index (χ2v) is 10.1. The number of nitrogens with one attached hydrogen (secondary N) is 1. The fourth-order valence-corrected chi connectivity index (χ4v) is 4.43. The fraction of sp³-hybridized carbons (Fsp3) is 0.360. The number of para-hydroxylation sites is 1. The molecule has 0 saturated carbocycles. The molecule has 0 bridgehead atoms. The highest BCUT2D eigenvalue weighted by atomic mass is 79.9. The fourth-order valence-electron chi connectivity index (χ4n) is 4.19. The Morgan fingerprint density at radius 1 is 1.19 bits per heavy atom. The zero-order chi connectivity index (χ0) is 22.9. The quantitative estimate of drug-likeness (QED) is 0.494. The number of carbonyl (C=O) groups is 2. The summed E-state index contributed by atoms with van der Waals surface area (Å²) in [5.74, 6) is -0.0911. The third-order valence-corrected chi connectivity index (χ3v) is 6.49. The highest BCUT2D eigenvalue weighted by Gasteiger charge is 2.33. The van der Waals surface area contributed by atoms with E-state index in [0.29, 0.717) is 17.3 Å². The van der Waals surface area contributed by atoms with Crippen LogP contribution in [0.15, 0.2) is 47.1 Å². The zero-order valence-corrected chi connectivity index (χ0v) is 20.0. The van der Waals surface area contributed by atoms with Crippen LogP contribution in [0, 0.1) is 11.3 Å². The molecular weight excluding hydrogens is 470 g/mol. The number of aromatic nitrogens is 2. The van der Waals surface area contributed by atoms with Gasteiger partial charge in [0.25, 0.3) is 5.91 Å². The van der Waals surface area contributed by atoms with Gasteiger partial charge in [-0.3, -0.25) is 9.78 Å². The first kappa shape index (κ1) is 22.4. The molecule has 32 heavy (non-hydrogen) atoms. The van der Waals surface area contributed by atoms with Crippen molar-refractivity contribution in [2.24, 2.45) is 11.3 Å². The van der Waals surface area contributed by atoms with Crippen LogP contribution in [0.25, 0.3) is 10.9 Å². The number of halogens is 1. The summed E-state index contributed by atoms with van der Waals surface area (Å²) in [6.45, 7) is 6.31. The van der Waals surface area contributed by atoms with Gasteiger partial charge in [0.1, 0.15) is 5.82 Å². The van der Waals surface area contributed by atoms with Gasteiger partial charge in [-0.05, 0) is 70.3 Å². The van der Waals surface area contributed by atoms with Gasteiger partial charge in [0.05, 0.1) is 11.1 Å². The van der Waals surface area contributed by atoms with E-state index in [9.17, 15) is 9.59 Å². The normalized spacial score (nSPS) is 15.8. The second kappa shape index (κ2) is 8.98. The number of aryl methyl sites for hydroxylation is 1. The van der Waals surface area contributed by atoms with Gasteiger partial charge in [0.15, 0.2) is 6.61 Å². The zero-order valence-electron chi connectivity index (χ0n) is 18.4. The Bertz CT molecular complexity index is 1170. The van der Waals surface area contributed by atoms with E-state index in [2.05, 4.69) is 47.0 Å². The minimum absolute atomic E-state index is 0.127. The Hall–Kier alpha value is -2.80. The average Bonchev–Trinajstić information content (AvgIpc) is 2.76. The van der Waals surface area contributed by atoms with Gasteiger partial charge in [-0.2, -0.15) is 0 Å². The SMILES string of the molecule is CC(C)(C)C1CCc2nc3ccccc3c(C(=O)OCC(=O)Nc3ccc(Br)cn3)c2C1. The predicted octanol–water partition coefficient (Wildman–Crippen LogP) is 5.34. The molecule has 0 spiro atoms. The molecule has 7 heteroatoms. The average molecular weight is 496 g/mol. The van der Waals surface area contributed by atoms with Crippen molar-refractivity contribution in [1.29, 1.82) is 0 Å². The number of hydrogen-bond donors (Lipinski definition) is 1. The van der Waals surface area contributed by atoms with E-state index in [0.717, 1.165) is 45.9 Å². The van der Waals surface area contributed by atoms with Gasteiger partial charge < -0.3 is 10.1 Å². The topological polar surface area (TPSA) is 81.2 Å². The lowest BCUT2D eigenvalue weighted by molar-refractivity contribution is -0.119. The third kappa shape index (κ3) is 4.83. The lowest BCUT2D eigenvalue weighted by atomic mass is 9.70. The molecule has 1 aliphatic rings. The molecular formula is C25H26BrN3O3. The molecule has 1 atom stereocenters. The molecule has 0 saturated heterocycles. The molecule has 6 nitrogen and oxygen atoms in total. The van der Waals surface area contributed by atoms with Gasteiger partial charge in [-0.15, -0.1) is 0 Å². The summed E-state index contributed by atoms with van der Waals surface area (Å²) in [5, 5.41) is 3.41. The molecule has 0 fully saturated rings. The monoisotopic (exact) mass is 495 g/mol. The van der Waals surface area contributed by atoms with Crippen molar-refractivity contribution >= 4 is 44.5 Å². The van der Waals surface area contributed by atoms with E-state index < -0.39 is 11.9 Å². The van der Waals surface area contributed by atoms with E-state index in [4.69, 9.17) is 9.72 Å². The van der Waals surface area contributed by atoms with E-state index in [1.807, 2.05) is 24.3 Å². The number of nitrogens with zero attached hydrogens (tertiary/aromatic N) is 2. The van der Waals surface area contributed by atoms with Crippen molar-refractivity contribution in [2.75, 3.05) is 11.9 Å². The van der Waals surface area contributed by atoms with E-state index >= 15 is 0 Å². The largest absolute Gasteiger partial charge is 0.452 e. The maximum atomic E-state index is 13.2. The number of hydrogen-bond acceptors (Lipinski definition) is 5. The third-order valence-electron chi connectivity index (χ3n) is 6.02. The van der Waals surface area contributed by atoms with Gasteiger partial charge in [0, 0.05) is 21.7 Å². The first-order valence-corrected chi connectivity index (χ1v) is 11.5. The van der Waals surface area contributed by atoms with Crippen molar-refractivity contribution in [2.45, 2.75) is 40.0 Å². The van der Waals surface area contributed by atoms with Gasteiger partial charge >= 0.3 is 5.97 Å². The molecule has 1 N–H and O–H groups in total. The Labute approximate surface area is 195 Å². The van der Waals surface area contributed by atoms with Gasteiger partial charge in [0.2, 0.25) is 0 Å². The molecule has 4 rings (SSSR count). The van der Waals surface area contributed by atoms with Crippen molar-refractivity contribution in [3.05, 3.63) is 63.9 Å². The molecule has 0 radical (unpaired) electrons. The summed E-state index contributed by atoms with van der Waals surface area (Å²) >= 11 is 3.30. The van der Waals surface area contributed by atoms with Crippen LogP contribution in [0.2, 0.25) is 0 Å². The standard InChI is InChI=1S/C25H26BrN3O3/c1-25(2,3)15-8-10-20-18(12-15)23(17-6-4-5-7-19(17)28-20)24(31)32-14-22(30)29-21-11-9-16(26)13-27-21/h4-7,9,11,13,15H,8,10,12,14H2,1-3H3,(H,27,29,30). The first-order valence-electron chi connectivity index (χ1n) is 10.7. The molecule has 2 aromatic heterocycles. The minimum Gasteiger partial charge on any atom is -0.452 e. The van der Waals surface area contributed by atoms with Crippen LogP contribution in [0.3, 0.4) is 0 Å². The minimum atomic E-state index is -0.492. The van der Waals surface area contributed by atoms with Crippen LogP contribution < -0.4 is 5.32 Å². The summed E-state index contributed by atoms with van der Waals surface area (Å²) in [5.41, 5.74) is 3.35. The van der Waals surface area contributed by atoms with E-state index in [1.54, 1.807) is 18.3 Å². The molecule has 166 valence electrons. The lowest BCUT2D eigenvalue weighted by Gasteiger charge is -2.35. The Kier molecular flexibility index (Phi) is 6.29. The number of carbonyl (C=O) groups excluding carboxylic acids is 2. The van der Waals surface area contributed by atoms with E-state index in [1.165, 1.54) is 0 Å². The van der Waals surface area contributed by atoms with Crippen LogP contribution in [-0.4, -0.2) is 28.5 Å². The Balaban J connectivity index is 1.59. The van der Waals surface area contributed by atoms with E-state index in [-0.39, 0.29) is 12.0 Å². The number of fused-ring (bicyclic) bond motifs is 2. The van der Waals surface area contributed by atoms with Gasteiger partial charge in [-0.1, -0.05) is 39.0 Å². The van der Waals surface area contributed by atoms with Gasteiger partial charge in [-0.25, -0.2) is 9.78 Å². The smallest absolute Gasteiger partial charge is 0.339 e. The summed E-state index contributed by atoms with van der Waals surface area (Å²) < 4.78 is 6.28. The van der Waals surface area contributed by atoms with Crippen molar-refractivity contribution in [3.63, 3.8) is 0 Å². The highest BCUT2D eigenvalue weighted by Crippen LogP contribution is 2.39. The number of benzene rings is 1. The number of rotatable bonds is 4. The highest BCUT2D eigenvalue weighted by molar-refractivity contribution is 9.10. The molecule has 0 aliphatic heterocycles. The molecule has 1 aromatic carbocycles. The van der Waals surface area contributed by atoms with Crippen LogP contribution in [0.4, 0.5) is 5.82 Å². The Morgan fingerprint density at radius 2 is 1.97 bits per heavy atom. The number of esters is 1. The van der Waals surface area contributed by atoms with Crippen LogP contribution >= 0.6 is 15.9 Å². The number of amides is 1. The molecule has 1 aliphatic carbocycles. The number of pyridine rings is 2. The molecule has 1 unspecified atom stereocenters. The summed E-state index contributed by atoms with van der Waals surface area (Å²) in [4.78, 5) is 34.5. The summed E-state index contributed by atoms with van der Waals surface area (Å²) in [6, 6.07) is 11.1. The summed E-state index contributed by atoms with van der Waals surface area (Å²) in [6.07, 6.45) is 4.23. The van der Waals surface area contributed by atoms with Crippen molar-refractivity contribution in [3.8, 4) is 0 Å². The number of ether oxygens (including phenoxy) is 1. The maximum absolute atomic E-state index is 13.2. The first-order chi connectivity index (χ1) is 15.2. The predicted molar refractivity (Wildman–Crippen MR) is 128 cm³/mol. The van der Waals surface area contributed by atoms with Crippen LogP contribution in [0.5, 0.6) is 0 Å². The van der Waals surface area contributed by atoms with Crippen molar-refractivity contribution in [1.82, 2.24) is 9.97 Å². The van der Waals surface area contributed by atoms with Crippen LogP contribution in [0.1, 0.15) is 48.8 Å². The second-order valence-electron chi connectivity index (χ2n) is 9.22. The maximum Gasteiger partial charge on any atom is 0.339 e. The lowest BCUT2D eigenvalue weighted by Crippen LogP contribution is -2.29. The molecule has 2 heterocycles. The molecule has 1 amide bonds. The number of anilines is 1. The Morgan fingerprint density at radius 3 is 2.69 bits per heavy atom.